The minimum Gasteiger partial charge on any atom is -0.312 e. The first-order chi connectivity index (χ1) is 10.2. The summed E-state index contributed by atoms with van der Waals surface area (Å²) in [5.41, 5.74) is 2.10. The van der Waals surface area contributed by atoms with E-state index >= 15 is 0 Å². The molecule has 1 aliphatic carbocycles. The van der Waals surface area contributed by atoms with E-state index in [4.69, 9.17) is 0 Å². The average Bonchev–Trinajstić information content (AvgIpc) is 3.00. The minimum absolute atomic E-state index is 0.480. The Labute approximate surface area is 127 Å². The van der Waals surface area contributed by atoms with E-state index in [2.05, 4.69) is 10.0 Å². The van der Waals surface area contributed by atoms with Crippen molar-refractivity contribution in [3.8, 4) is 0 Å². The highest BCUT2D eigenvalue weighted by Crippen LogP contribution is 2.27. The van der Waals surface area contributed by atoms with Crippen LogP contribution in [0.1, 0.15) is 43.2 Å². The van der Waals surface area contributed by atoms with Crippen LogP contribution in [0.4, 0.5) is 0 Å². The van der Waals surface area contributed by atoms with Crippen LogP contribution in [0, 0.1) is 5.92 Å². The number of hydrogen-bond donors (Lipinski definition) is 2. The molecule has 1 aromatic carbocycles. The molecule has 1 heterocycles. The van der Waals surface area contributed by atoms with E-state index in [1.54, 1.807) is 6.07 Å². The zero-order valence-electron chi connectivity index (χ0n) is 12.4. The van der Waals surface area contributed by atoms with Gasteiger partial charge in [0.05, 0.1) is 4.90 Å². The van der Waals surface area contributed by atoms with Crippen LogP contribution in [0.15, 0.2) is 23.1 Å². The lowest BCUT2D eigenvalue weighted by Crippen LogP contribution is -2.30. The average molecular weight is 308 g/mol. The van der Waals surface area contributed by atoms with Gasteiger partial charge in [-0.05, 0) is 42.5 Å². The summed E-state index contributed by atoms with van der Waals surface area (Å²) in [6, 6.07) is 5.60. The number of rotatable bonds is 5. The molecule has 0 aromatic heterocycles. The lowest BCUT2D eigenvalue weighted by molar-refractivity contribution is 0.495. The van der Waals surface area contributed by atoms with Crippen molar-refractivity contribution < 1.29 is 8.42 Å². The Kier molecular flexibility index (Phi) is 4.62. The Bertz CT molecular complexity index is 592. The first kappa shape index (κ1) is 15.0. The second-order valence-electron chi connectivity index (χ2n) is 6.16. The molecule has 2 N–H and O–H groups in total. The monoisotopic (exact) mass is 308 g/mol. The normalized spacial score (nSPS) is 19.6. The molecule has 0 amide bonds. The minimum atomic E-state index is -3.37. The first-order valence-corrected chi connectivity index (χ1v) is 9.46. The molecular formula is C16H24N2O2S. The summed E-state index contributed by atoms with van der Waals surface area (Å²) >= 11 is 0. The fourth-order valence-electron chi connectivity index (χ4n) is 3.52. The SMILES string of the molecule is O=S(=O)(NCCC1CCCC1)c1cccc2c1CCNC2. The molecular weight excluding hydrogens is 284 g/mol. The molecule has 4 nitrogen and oxygen atoms in total. The predicted octanol–water partition coefficient (Wildman–Crippen LogP) is 2.19. The van der Waals surface area contributed by atoms with Crippen LogP contribution in [0.25, 0.3) is 0 Å². The highest BCUT2D eigenvalue weighted by molar-refractivity contribution is 7.89. The zero-order valence-corrected chi connectivity index (χ0v) is 13.2. The van der Waals surface area contributed by atoms with Crippen molar-refractivity contribution in [1.82, 2.24) is 10.0 Å². The molecule has 5 heteroatoms. The summed E-state index contributed by atoms with van der Waals surface area (Å²) < 4.78 is 27.9. The van der Waals surface area contributed by atoms with E-state index in [1.807, 2.05) is 12.1 Å². The maximum Gasteiger partial charge on any atom is 0.240 e. The van der Waals surface area contributed by atoms with E-state index in [-0.39, 0.29) is 0 Å². The second-order valence-corrected chi connectivity index (χ2v) is 7.89. The van der Waals surface area contributed by atoms with Crippen molar-refractivity contribution in [2.45, 2.75) is 50.0 Å². The van der Waals surface area contributed by atoms with Gasteiger partial charge in [-0.2, -0.15) is 0 Å². The molecule has 0 radical (unpaired) electrons. The van der Waals surface area contributed by atoms with Gasteiger partial charge in [-0.3, -0.25) is 0 Å². The first-order valence-electron chi connectivity index (χ1n) is 7.98. The van der Waals surface area contributed by atoms with Gasteiger partial charge in [0.1, 0.15) is 0 Å². The number of fused-ring (bicyclic) bond motifs is 1. The Morgan fingerprint density at radius 1 is 1.24 bits per heavy atom. The van der Waals surface area contributed by atoms with E-state index in [1.165, 1.54) is 25.7 Å². The Balaban J connectivity index is 1.69. The van der Waals surface area contributed by atoms with Gasteiger partial charge in [-0.25, -0.2) is 13.1 Å². The maximum atomic E-state index is 12.5. The third-order valence-electron chi connectivity index (χ3n) is 4.71. The fourth-order valence-corrected chi connectivity index (χ4v) is 4.88. The molecule has 1 saturated carbocycles. The molecule has 0 bridgehead atoms. The van der Waals surface area contributed by atoms with Crippen molar-refractivity contribution in [3.05, 3.63) is 29.3 Å². The zero-order chi connectivity index (χ0) is 14.7. The molecule has 1 fully saturated rings. The molecule has 0 unspecified atom stereocenters. The fraction of sp³-hybridized carbons (Fsp3) is 0.625. The molecule has 2 aliphatic rings. The standard InChI is InChI=1S/C16H24N2O2S/c19-21(20,18-11-8-13-4-1-2-5-13)16-7-3-6-14-12-17-10-9-15(14)16/h3,6-7,13,17-18H,1-2,4-5,8-12H2. The quantitative estimate of drug-likeness (QED) is 0.876. The summed E-state index contributed by atoms with van der Waals surface area (Å²) in [5.74, 6) is 0.710. The van der Waals surface area contributed by atoms with Crippen LogP contribution in [-0.2, 0) is 23.0 Å². The predicted molar refractivity (Wildman–Crippen MR) is 83.6 cm³/mol. The summed E-state index contributed by atoms with van der Waals surface area (Å²) in [4.78, 5) is 0.480. The van der Waals surface area contributed by atoms with Gasteiger partial charge in [0.25, 0.3) is 0 Å². The van der Waals surface area contributed by atoms with Crippen molar-refractivity contribution in [2.75, 3.05) is 13.1 Å². The number of hydrogen-bond acceptors (Lipinski definition) is 3. The summed E-state index contributed by atoms with van der Waals surface area (Å²) in [6.45, 7) is 2.18. The van der Waals surface area contributed by atoms with Gasteiger partial charge in [-0.15, -0.1) is 0 Å². The smallest absolute Gasteiger partial charge is 0.240 e. The lowest BCUT2D eigenvalue weighted by atomic mass is 10.0. The molecule has 0 atom stereocenters. The van der Waals surface area contributed by atoms with Gasteiger partial charge in [0, 0.05) is 13.1 Å². The summed E-state index contributed by atoms with van der Waals surface area (Å²) in [5, 5.41) is 3.28. The van der Waals surface area contributed by atoms with Crippen molar-refractivity contribution in [2.24, 2.45) is 5.92 Å². The Morgan fingerprint density at radius 3 is 2.86 bits per heavy atom. The topological polar surface area (TPSA) is 58.2 Å². The molecule has 3 rings (SSSR count). The largest absolute Gasteiger partial charge is 0.312 e. The molecule has 0 saturated heterocycles. The van der Waals surface area contributed by atoms with Crippen LogP contribution in [-0.4, -0.2) is 21.5 Å². The number of nitrogens with one attached hydrogen (secondary N) is 2. The van der Waals surface area contributed by atoms with Crippen LogP contribution >= 0.6 is 0 Å². The number of sulfonamides is 1. The Morgan fingerprint density at radius 2 is 2.05 bits per heavy atom. The Hall–Kier alpha value is -0.910. The van der Waals surface area contributed by atoms with E-state index < -0.39 is 10.0 Å². The third kappa shape index (κ3) is 3.47. The molecule has 1 aliphatic heterocycles. The van der Waals surface area contributed by atoms with Crippen LogP contribution < -0.4 is 10.0 Å². The van der Waals surface area contributed by atoms with Gasteiger partial charge >= 0.3 is 0 Å². The van der Waals surface area contributed by atoms with Gasteiger partial charge in [-0.1, -0.05) is 37.8 Å². The van der Waals surface area contributed by atoms with Crippen LogP contribution in [0.2, 0.25) is 0 Å². The maximum absolute atomic E-state index is 12.5. The molecule has 0 spiro atoms. The molecule has 1 aromatic rings. The third-order valence-corrected chi connectivity index (χ3v) is 6.25. The van der Waals surface area contributed by atoms with Crippen molar-refractivity contribution in [1.29, 1.82) is 0 Å². The van der Waals surface area contributed by atoms with E-state index in [9.17, 15) is 8.42 Å². The van der Waals surface area contributed by atoms with Crippen LogP contribution in [0.3, 0.4) is 0 Å². The summed E-state index contributed by atoms with van der Waals surface area (Å²) in [6.07, 6.45) is 6.88. The van der Waals surface area contributed by atoms with Gasteiger partial charge < -0.3 is 5.32 Å². The lowest BCUT2D eigenvalue weighted by Gasteiger charge is -2.20. The van der Waals surface area contributed by atoms with Gasteiger partial charge in [0.2, 0.25) is 10.0 Å². The molecule has 116 valence electrons. The highest BCUT2D eigenvalue weighted by Gasteiger charge is 2.22. The van der Waals surface area contributed by atoms with E-state index in [0.29, 0.717) is 17.4 Å². The van der Waals surface area contributed by atoms with Crippen molar-refractivity contribution in [3.63, 3.8) is 0 Å². The second kappa shape index (κ2) is 6.46. The van der Waals surface area contributed by atoms with Gasteiger partial charge in [0.15, 0.2) is 0 Å². The van der Waals surface area contributed by atoms with Crippen LogP contribution in [0.5, 0.6) is 0 Å². The summed E-state index contributed by atoms with van der Waals surface area (Å²) in [7, 11) is -3.37. The molecule has 21 heavy (non-hydrogen) atoms. The van der Waals surface area contributed by atoms with E-state index in [0.717, 1.165) is 37.1 Å². The van der Waals surface area contributed by atoms with Crippen molar-refractivity contribution >= 4 is 10.0 Å². The number of benzene rings is 1. The highest BCUT2D eigenvalue weighted by atomic mass is 32.2.